The molecule has 3 N–H and O–H groups in total. The number of rotatable bonds is 7. The number of carbonyl (C=O) groups is 1. The second kappa shape index (κ2) is 10.7. The number of aromatic nitrogens is 2. The Morgan fingerprint density at radius 2 is 1.82 bits per heavy atom. The van der Waals surface area contributed by atoms with Gasteiger partial charge >= 0.3 is 0 Å². The molecule has 0 saturated carbocycles. The molecular formula is C28H30F2N6O3. The predicted octanol–water partition coefficient (Wildman–Crippen LogP) is 3.43. The lowest BCUT2D eigenvalue weighted by molar-refractivity contribution is -0.110. The predicted molar refractivity (Wildman–Crippen MR) is 147 cm³/mol. The lowest BCUT2D eigenvalue weighted by atomic mass is 10.0. The largest absolute Gasteiger partial charge is 0.383 e. The van der Waals surface area contributed by atoms with Gasteiger partial charge in [0.05, 0.1) is 46.8 Å². The molecule has 9 nitrogen and oxygen atoms in total. The first-order valence-electron chi connectivity index (χ1n) is 13.4. The molecule has 11 heteroatoms. The molecule has 0 unspecified atom stereocenters. The van der Waals surface area contributed by atoms with Crippen LogP contribution in [0.2, 0.25) is 0 Å². The van der Waals surface area contributed by atoms with E-state index in [-0.39, 0.29) is 22.5 Å². The number of hydrogen-bond donors (Lipinski definition) is 3. The highest BCUT2D eigenvalue weighted by Crippen LogP contribution is 2.37. The van der Waals surface area contributed by atoms with Crippen molar-refractivity contribution in [2.75, 3.05) is 68.0 Å². The van der Waals surface area contributed by atoms with Crippen LogP contribution in [-0.4, -0.2) is 73.3 Å². The maximum absolute atomic E-state index is 15.1. The van der Waals surface area contributed by atoms with E-state index in [1.807, 2.05) is 4.90 Å². The minimum atomic E-state index is -0.530. The van der Waals surface area contributed by atoms with Crippen LogP contribution in [-0.2, 0) is 9.53 Å². The van der Waals surface area contributed by atoms with Crippen LogP contribution >= 0.6 is 0 Å². The summed E-state index contributed by atoms with van der Waals surface area (Å²) < 4.78 is 35.1. The Balaban J connectivity index is 1.26. The molecule has 2 fully saturated rings. The summed E-state index contributed by atoms with van der Waals surface area (Å²) in [6, 6.07) is 5.62. The molecule has 3 aromatic rings. The number of ether oxygens (including phenoxy) is 1. The quantitative estimate of drug-likeness (QED) is 0.314. The Kier molecular flexibility index (Phi) is 7.01. The van der Waals surface area contributed by atoms with Crippen LogP contribution in [0.5, 0.6) is 0 Å². The molecule has 3 aliphatic rings. The SMILES string of the molecule is O=C1Nc2cc(N3CCOCC3)c(F)cc2/C1=C/c1nc2cc(NCCCN3CCCC3)c(F)cc2c(=O)[nH]1. The number of halogens is 2. The van der Waals surface area contributed by atoms with Gasteiger partial charge in [0.25, 0.3) is 11.5 Å². The van der Waals surface area contributed by atoms with Crippen LogP contribution in [0.1, 0.15) is 30.7 Å². The van der Waals surface area contributed by atoms with Crippen LogP contribution in [0.15, 0.2) is 29.1 Å². The smallest absolute Gasteiger partial charge is 0.259 e. The highest BCUT2D eigenvalue weighted by atomic mass is 19.1. The standard InChI is InChI=1S/C28H30F2N6O3/c29-20-13-19-22(15-24(20)31-4-3-7-35-5-1-2-6-35)32-26(34-28(19)38)14-18-17-12-21(30)25(16-23(17)33-27(18)37)36-8-10-39-11-9-36/h12-16,31H,1-11H2,(H,33,37)(H,32,34,38)/b18-14-. The fourth-order valence-corrected chi connectivity index (χ4v) is 5.44. The zero-order valence-electron chi connectivity index (χ0n) is 21.5. The summed E-state index contributed by atoms with van der Waals surface area (Å²) in [5.74, 6) is -1.29. The van der Waals surface area contributed by atoms with E-state index in [0.29, 0.717) is 55.3 Å². The van der Waals surface area contributed by atoms with E-state index in [2.05, 4.69) is 25.5 Å². The van der Waals surface area contributed by atoms with Gasteiger partial charge in [-0.15, -0.1) is 0 Å². The molecule has 1 aromatic heterocycles. The summed E-state index contributed by atoms with van der Waals surface area (Å²) in [4.78, 5) is 36.9. The Bertz CT molecular complexity index is 1510. The first kappa shape index (κ1) is 25.4. The summed E-state index contributed by atoms with van der Waals surface area (Å²) in [5.41, 5.74) is 1.49. The minimum Gasteiger partial charge on any atom is -0.383 e. The van der Waals surface area contributed by atoms with Gasteiger partial charge < -0.3 is 30.2 Å². The van der Waals surface area contributed by atoms with E-state index in [1.54, 1.807) is 6.07 Å². The van der Waals surface area contributed by atoms with Crippen molar-refractivity contribution in [1.29, 1.82) is 0 Å². The Hall–Kier alpha value is -3.83. The number of carbonyl (C=O) groups excluding carboxylic acids is 1. The first-order valence-corrected chi connectivity index (χ1v) is 13.4. The van der Waals surface area contributed by atoms with Crippen molar-refractivity contribution in [1.82, 2.24) is 14.9 Å². The van der Waals surface area contributed by atoms with Crippen LogP contribution in [0, 0.1) is 11.6 Å². The number of likely N-dealkylation sites (tertiary alicyclic amines) is 1. The van der Waals surface area contributed by atoms with Crippen molar-refractivity contribution in [2.45, 2.75) is 19.3 Å². The van der Waals surface area contributed by atoms with Crippen LogP contribution < -0.4 is 21.1 Å². The Labute approximate surface area is 223 Å². The van der Waals surface area contributed by atoms with E-state index in [0.717, 1.165) is 26.1 Å². The van der Waals surface area contributed by atoms with Crippen LogP contribution in [0.3, 0.4) is 0 Å². The molecular weight excluding hydrogens is 506 g/mol. The molecule has 3 aliphatic heterocycles. The van der Waals surface area contributed by atoms with E-state index >= 15 is 4.39 Å². The van der Waals surface area contributed by atoms with Crippen molar-refractivity contribution in [3.05, 3.63) is 57.6 Å². The number of aromatic amines is 1. The maximum atomic E-state index is 15.1. The Morgan fingerprint density at radius 3 is 2.62 bits per heavy atom. The first-order chi connectivity index (χ1) is 19.0. The number of amides is 1. The van der Waals surface area contributed by atoms with Gasteiger partial charge in [-0.3, -0.25) is 9.59 Å². The van der Waals surface area contributed by atoms with Gasteiger partial charge in [0, 0.05) is 25.2 Å². The topological polar surface area (TPSA) is 103 Å². The molecule has 1 amide bonds. The normalized spacial score (nSPS) is 18.7. The van der Waals surface area contributed by atoms with E-state index in [9.17, 15) is 14.0 Å². The zero-order chi connectivity index (χ0) is 26.9. The Morgan fingerprint density at radius 1 is 1.03 bits per heavy atom. The second-order valence-corrected chi connectivity index (χ2v) is 10.1. The van der Waals surface area contributed by atoms with Crippen LogP contribution in [0.25, 0.3) is 22.6 Å². The fourth-order valence-electron chi connectivity index (χ4n) is 5.44. The van der Waals surface area contributed by atoms with Gasteiger partial charge in [0.15, 0.2) is 0 Å². The van der Waals surface area contributed by atoms with E-state index in [4.69, 9.17) is 4.74 Å². The highest BCUT2D eigenvalue weighted by molar-refractivity contribution is 6.35. The van der Waals surface area contributed by atoms with Crippen molar-refractivity contribution >= 4 is 45.5 Å². The van der Waals surface area contributed by atoms with E-state index in [1.165, 1.54) is 37.1 Å². The van der Waals surface area contributed by atoms with Gasteiger partial charge in [-0.25, -0.2) is 13.8 Å². The summed E-state index contributed by atoms with van der Waals surface area (Å²) in [5, 5.41) is 6.00. The van der Waals surface area contributed by atoms with Crippen molar-refractivity contribution in [3.63, 3.8) is 0 Å². The molecule has 0 bridgehead atoms. The van der Waals surface area contributed by atoms with E-state index < -0.39 is 23.1 Å². The second-order valence-electron chi connectivity index (χ2n) is 10.1. The van der Waals surface area contributed by atoms with Crippen molar-refractivity contribution in [2.24, 2.45) is 0 Å². The van der Waals surface area contributed by atoms with Gasteiger partial charge in [-0.05, 0) is 69.2 Å². The maximum Gasteiger partial charge on any atom is 0.259 e. The highest BCUT2D eigenvalue weighted by Gasteiger charge is 2.28. The summed E-state index contributed by atoms with van der Waals surface area (Å²) in [7, 11) is 0. The van der Waals surface area contributed by atoms with Gasteiger partial charge in [-0.1, -0.05) is 0 Å². The zero-order valence-corrected chi connectivity index (χ0v) is 21.5. The lowest BCUT2D eigenvalue weighted by Gasteiger charge is -2.29. The number of hydrogen-bond acceptors (Lipinski definition) is 7. The molecule has 0 aliphatic carbocycles. The van der Waals surface area contributed by atoms with Crippen molar-refractivity contribution in [3.8, 4) is 0 Å². The molecule has 2 aromatic carbocycles. The molecule has 4 heterocycles. The number of nitrogens with zero attached hydrogens (tertiary/aromatic N) is 3. The average molecular weight is 537 g/mol. The van der Waals surface area contributed by atoms with Gasteiger partial charge in [0.1, 0.15) is 17.5 Å². The molecule has 6 rings (SSSR count). The molecule has 2 saturated heterocycles. The lowest BCUT2D eigenvalue weighted by Crippen LogP contribution is -2.36. The number of benzene rings is 2. The van der Waals surface area contributed by atoms with Gasteiger partial charge in [-0.2, -0.15) is 0 Å². The monoisotopic (exact) mass is 536 g/mol. The van der Waals surface area contributed by atoms with Crippen molar-refractivity contribution < 1.29 is 18.3 Å². The fraction of sp³-hybridized carbons (Fsp3) is 0.393. The molecule has 204 valence electrons. The van der Waals surface area contributed by atoms with Crippen LogP contribution in [0.4, 0.5) is 25.8 Å². The third-order valence-electron chi connectivity index (χ3n) is 7.48. The third kappa shape index (κ3) is 5.24. The average Bonchev–Trinajstić information content (AvgIpc) is 3.55. The van der Waals surface area contributed by atoms with Gasteiger partial charge in [0.2, 0.25) is 0 Å². The summed E-state index contributed by atoms with van der Waals surface area (Å²) >= 11 is 0. The number of H-pyrrole nitrogens is 1. The number of anilines is 3. The summed E-state index contributed by atoms with van der Waals surface area (Å²) in [6.45, 7) is 5.90. The minimum absolute atomic E-state index is 0.106. The third-order valence-corrected chi connectivity index (χ3v) is 7.48. The summed E-state index contributed by atoms with van der Waals surface area (Å²) in [6.07, 6.45) is 4.74. The molecule has 0 atom stereocenters. The number of morpholine rings is 1. The molecule has 0 spiro atoms. The molecule has 0 radical (unpaired) electrons. The number of fused-ring (bicyclic) bond motifs is 2. The number of nitrogens with one attached hydrogen (secondary N) is 3. The molecule has 39 heavy (non-hydrogen) atoms.